The number of hydrogen-bond donors (Lipinski definition) is 0. The summed E-state index contributed by atoms with van der Waals surface area (Å²) < 4.78 is 10.7. The third kappa shape index (κ3) is 3.47. The van der Waals surface area contributed by atoms with Crippen molar-refractivity contribution in [2.45, 2.75) is 46.1 Å². The van der Waals surface area contributed by atoms with Crippen molar-refractivity contribution in [2.75, 3.05) is 13.2 Å². The van der Waals surface area contributed by atoms with E-state index in [1.54, 1.807) is 6.07 Å². The monoisotopic (exact) mass is 383 g/mol. The van der Waals surface area contributed by atoms with Crippen molar-refractivity contribution in [3.8, 4) is 0 Å². The molecule has 0 spiro atoms. The number of hydrogen-bond acceptors (Lipinski definition) is 4. The molecule has 5 nitrogen and oxygen atoms in total. The molecule has 23 heavy (non-hydrogen) atoms. The minimum atomic E-state index is -0.613. The van der Waals surface area contributed by atoms with Crippen LogP contribution in [0.3, 0.4) is 0 Å². The number of likely N-dealkylation sites (tertiary alicyclic amines) is 1. The van der Waals surface area contributed by atoms with E-state index in [-0.39, 0.29) is 35.1 Å². The second kappa shape index (κ2) is 5.65. The summed E-state index contributed by atoms with van der Waals surface area (Å²) in [6, 6.07) is 3.39. The highest BCUT2D eigenvalue weighted by Gasteiger charge is 2.50. The van der Waals surface area contributed by atoms with E-state index in [2.05, 4.69) is 36.7 Å². The van der Waals surface area contributed by atoms with Crippen LogP contribution in [-0.2, 0) is 9.53 Å². The Hall–Kier alpha value is -1.30. The average molecular weight is 384 g/mol. The summed E-state index contributed by atoms with van der Waals surface area (Å²) in [4.78, 5) is 26.3. The maximum atomic E-state index is 12.5. The Kier molecular flexibility index (Phi) is 4.07. The number of furan rings is 1. The van der Waals surface area contributed by atoms with E-state index in [0.717, 1.165) is 25.8 Å². The first-order valence-corrected chi connectivity index (χ1v) is 8.69. The third-order valence-electron chi connectivity index (χ3n) is 4.84. The van der Waals surface area contributed by atoms with Gasteiger partial charge < -0.3 is 14.1 Å². The Morgan fingerprint density at radius 1 is 1.35 bits per heavy atom. The van der Waals surface area contributed by atoms with Gasteiger partial charge >= 0.3 is 5.97 Å². The smallest absolute Gasteiger partial charge is 0.374 e. The number of amides is 1. The Morgan fingerprint density at radius 2 is 2.09 bits per heavy atom. The molecule has 126 valence electrons. The first kappa shape index (κ1) is 16.6. The van der Waals surface area contributed by atoms with Crippen molar-refractivity contribution >= 4 is 27.8 Å². The molecule has 2 aliphatic rings. The van der Waals surface area contributed by atoms with E-state index >= 15 is 0 Å². The molecule has 2 atom stereocenters. The van der Waals surface area contributed by atoms with Gasteiger partial charge in [-0.2, -0.15) is 0 Å². The number of halogens is 1. The van der Waals surface area contributed by atoms with Gasteiger partial charge in [0.2, 0.25) is 5.76 Å². The molecule has 2 unspecified atom stereocenters. The predicted octanol–water partition coefficient (Wildman–Crippen LogP) is 3.63. The van der Waals surface area contributed by atoms with Crippen molar-refractivity contribution in [2.24, 2.45) is 10.8 Å². The third-order valence-corrected chi connectivity index (χ3v) is 5.26. The molecule has 0 N–H and O–H groups in total. The quantitative estimate of drug-likeness (QED) is 0.747. The molecular weight excluding hydrogens is 362 g/mol. The van der Waals surface area contributed by atoms with Crippen molar-refractivity contribution in [1.82, 2.24) is 4.90 Å². The zero-order valence-corrected chi connectivity index (χ0v) is 15.3. The lowest BCUT2D eigenvalue weighted by Gasteiger charge is -2.39. The summed E-state index contributed by atoms with van der Waals surface area (Å²) in [5, 5.41) is 0. The van der Waals surface area contributed by atoms with E-state index in [9.17, 15) is 9.59 Å². The van der Waals surface area contributed by atoms with E-state index in [4.69, 9.17) is 9.15 Å². The number of rotatable bonds is 3. The van der Waals surface area contributed by atoms with E-state index in [0.29, 0.717) is 4.67 Å². The Balaban J connectivity index is 1.60. The highest BCUT2D eigenvalue weighted by molar-refractivity contribution is 9.10. The van der Waals surface area contributed by atoms with E-state index in [1.165, 1.54) is 6.07 Å². The van der Waals surface area contributed by atoms with Gasteiger partial charge in [0.05, 0.1) is 0 Å². The molecule has 1 aliphatic carbocycles. The van der Waals surface area contributed by atoms with Crippen LogP contribution < -0.4 is 0 Å². The fraction of sp³-hybridized carbons (Fsp3) is 0.647. The predicted molar refractivity (Wildman–Crippen MR) is 87.9 cm³/mol. The maximum Gasteiger partial charge on any atom is 0.374 e. The van der Waals surface area contributed by atoms with E-state index in [1.807, 2.05) is 4.90 Å². The second-order valence-electron chi connectivity index (χ2n) is 7.92. The van der Waals surface area contributed by atoms with Crippen LogP contribution in [0.2, 0.25) is 0 Å². The Labute approximate surface area is 144 Å². The lowest BCUT2D eigenvalue weighted by molar-refractivity contribution is -0.135. The summed E-state index contributed by atoms with van der Waals surface area (Å²) in [6.07, 6.45) is 3.18. The van der Waals surface area contributed by atoms with Crippen molar-refractivity contribution in [1.29, 1.82) is 0 Å². The molecule has 1 aromatic heterocycles. The Morgan fingerprint density at radius 3 is 2.74 bits per heavy atom. The lowest BCUT2D eigenvalue weighted by Crippen LogP contribution is -2.39. The molecule has 3 rings (SSSR count). The fourth-order valence-corrected chi connectivity index (χ4v) is 4.76. The number of nitrogens with zero attached hydrogens (tertiary/aromatic N) is 1. The largest absolute Gasteiger partial charge is 0.450 e. The highest BCUT2D eigenvalue weighted by Crippen LogP contribution is 2.52. The van der Waals surface area contributed by atoms with E-state index < -0.39 is 5.97 Å². The zero-order chi connectivity index (χ0) is 16.8. The first-order chi connectivity index (χ1) is 10.7. The lowest BCUT2D eigenvalue weighted by atomic mass is 9.65. The number of fused-ring (bicyclic) bond motifs is 2. The summed E-state index contributed by atoms with van der Waals surface area (Å²) in [6.45, 7) is 7.30. The normalized spacial score (nSPS) is 28.7. The molecule has 1 aromatic rings. The molecule has 2 heterocycles. The summed E-state index contributed by atoms with van der Waals surface area (Å²) >= 11 is 3.13. The molecular formula is C17H22BrNO4. The molecule has 0 radical (unpaired) electrons. The molecule has 1 saturated heterocycles. The number of esters is 1. The number of carbonyl (C=O) groups is 2. The maximum absolute atomic E-state index is 12.5. The molecule has 1 aliphatic heterocycles. The van der Waals surface area contributed by atoms with Gasteiger partial charge in [0, 0.05) is 12.6 Å². The fourth-order valence-electron chi connectivity index (χ4n) is 4.46. The van der Waals surface area contributed by atoms with Gasteiger partial charge in [0.25, 0.3) is 5.91 Å². The molecule has 1 saturated carbocycles. The molecule has 2 bridgehead atoms. The molecule has 6 heteroatoms. The van der Waals surface area contributed by atoms with Gasteiger partial charge in [-0.1, -0.05) is 20.8 Å². The van der Waals surface area contributed by atoms with Gasteiger partial charge in [-0.3, -0.25) is 4.79 Å². The van der Waals surface area contributed by atoms with Crippen LogP contribution in [0.15, 0.2) is 21.2 Å². The average Bonchev–Trinajstić information content (AvgIpc) is 2.96. The van der Waals surface area contributed by atoms with Crippen LogP contribution in [0.25, 0.3) is 0 Å². The van der Waals surface area contributed by atoms with Crippen molar-refractivity contribution in [3.63, 3.8) is 0 Å². The topological polar surface area (TPSA) is 59.8 Å². The molecule has 0 aromatic carbocycles. The van der Waals surface area contributed by atoms with Crippen LogP contribution in [0, 0.1) is 10.8 Å². The minimum absolute atomic E-state index is 0.0953. The van der Waals surface area contributed by atoms with Crippen LogP contribution in [0.5, 0.6) is 0 Å². The SMILES string of the molecule is CC1(C)CC2CC(C)(CN2C(=O)COC(=O)c2ccc(Br)o2)C1. The summed E-state index contributed by atoms with van der Waals surface area (Å²) in [7, 11) is 0. The second-order valence-corrected chi connectivity index (χ2v) is 8.70. The highest BCUT2D eigenvalue weighted by atomic mass is 79.9. The number of ether oxygens (including phenoxy) is 1. The standard InChI is InChI=1S/C17H22BrNO4/c1-16(2)6-11-7-17(3,9-16)10-19(11)14(20)8-22-15(21)12-4-5-13(18)23-12/h4-5,11H,6-10H2,1-3H3. The van der Waals surface area contributed by atoms with Gasteiger partial charge in [-0.05, 0) is 58.2 Å². The van der Waals surface area contributed by atoms with Gasteiger partial charge in [-0.15, -0.1) is 0 Å². The van der Waals surface area contributed by atoms with Gasteiger partial charge in [0.1, 0.15) is 0 Å². The Bertz CT molecular complexity index is 638. The van der Waals surface area contributed by atoms with Crippen LogP contribution in [-0.4, -0.2) is 36.0 Å². The van der Waals surface area contributed by atoms with Gasteiger partial charge in [0.15, 0.2) is 11.3 Å². The number of carbonyl (C=O) groups excluding carboxylic acids is 2. The van der Waals surface area contributed by atoms with Crippen LogP contribution in [0.1, 0.15) is 50.6 Å². The summed E-state index contributed by atoms with van der Waals surface area (Å²) in [5.74, 6) is -0.633. The van der Waals surface area contributed by atoms with Gasteiger partial charge in [-0.25, -0.2) is 4.79 Å². The van der Waals surface area contributed by atoms with Crippen molar-refractivity contribution in [3.05, 3.63) is 22.6 Å². The first-order valence-electron chi connectivity index (χ1n) is 7.89. The van der Waals surface area contributed by atoms with Crippen LogP contribution >= 0.6 is 15.9 Å². The summed E-state index contributed by atoms with van der Waals surface area (Å²) in [5.41, 5.74) is 0.432. The van der Waals surface area contributed by atoms with Crippen molar-refractivity contribution < 1.29 is 18.7 Å². The zero-order valence-electron chi connectivity index (χ0n) is 13.7. The molecule has 1 amide bonds. The van der Waals surface area contributed by atoms with Crippen LogP contribution in [0.4, 0.5) is 0 Å². The molecule has 2 fully saturated rings. The minimum Gasteiger partial charge on any atom is -0.450 e.